The number of hydrogen-bond donors (Lipinski definition) is 1. The van der Waals surface area contributed by atoms with Crippen LogP contribution in [0.15, 0.2) is 30.6 Å². The summed E-state index contributed by atoms with van der Waals surface area (Å²) in [7, 11) is 0. The zero-order chi connectivity index (χ0) is 19.7. The minimum Gasteiger partial charge on any atom is -0.370 e. The maximum absolute atomic E-state index is 11.6. The number of carbonyl (C=O) groups is 1. The van der Waals surface area contributed by atoms with E-state index in [1.807, 2.05) is 26.1 Å². The summed E-state index contributed by atoms with van der Waals surface area (Å²) in [6.07, 6.45) is 6.07. The van der Waals surface area contributed by atoms with Gasteiger partial charge in [0.15, 0.2) is 0 Å². The van der Waals surface area contributed by atoms with E-state index in [1.54, 1.807) is 16.9 Å². The Hall–Kier alpha value is -3.29. The minimum atomic E-state index is -0.187. The molecular formula is C20H23N7O. The highest BCUT2D eigenvalue weighted by atomic mass is 16.1. The van der Waals surface area contributed by atoms with Gasteiger partial charge in [-0.15, -0.1) is 0 Å². The lowest BCUT2D eigenvalue weighted by Gasteiger charge is -2.18. The summed E-state index contributed by atoms with van der Waals surface area (Å²) in [5, 5.41) is 7.23. The molecule has 1 aliphatic heterocycles. The molecule has 1 aliphatic rings. The van der Waals surface area contributed by atoms with Gasteiger partial charge in [0.05, 0.1) is 23.3 Å². The molecule has 28 heavy (non-hydrogen) atoms. The summed E-state index contributed by atoms with van der Waals surface area (Å²) in [4.78, 5) is 27.5. The molecule has 144 valence electrons. The second kappa shape index (κ2) is 7.38. The first-order valence-electron chi connectivity index (χ1n) is 9.40. The third-order valence-electron chi connectivity index (χ3n) is 4.71. The summed E-state index contributed by atoms with van der Waals surface area (Å²) in [6, 6.07) is 5.81. The van der Waals surface area contributed by atoms with Crippen LogP contribution in [0.4, 0.5) is 11.5 Å². The van der Waals surface area contributed by atoms with E-state index >= 15 is 0 Å². The highest BCUT2D eigenvalue weighted by Crippen LogP contribution is 2.26. The van der Waals surface area contributed by atoms with Gasteiger partial charge in [0.2, 0.25) is 5.91 Å². The number of rotatable bonds is 4. The van der Waals surface area contributed by atoms with E-state index in [-0.39, 0.29) is 5.91 Å². The van der Waals surface area contributed by atoms with Gasteiger partial charge in [-0.3, -0.25) is 9.78 Å². The van der Waals surface area contributed by atoms with Crippen molar-refractivity contribution in [2.45, 2.75) is 33.6 Å². The van der Waals surface area contributed by atoms with Gasteiger partial charge in [-0.2, -0.15) is 10.1 Å². The van der Waals surface area contributed by atoms with Crippen molar-refractivity contribution in [3.05, 3.63) is 42.0 Å². The lowest BCUT2D eigenvalue weighted by Crippen LogP contribution is -2.17. The Bertz CT molecular complexity index is 1020. The SMILES string of the molecule is CC(=O)Nc1cc(-c2cncc(N3CCCC3)c2)nc(-n2nc(C)cc2C)n1. The van der Waals surface area contributed by atoms with E-state index in [4.69, 9.17) is 4.98 Å². The Kier molecular flexibility index (Phi) is 4.77. The molecule has 0 atom stereocenters. The number of hydrogen-bond acceptors (Lipinski definition) is 6. The van der Waals surface area contributed by atoms with Gasteiger partial charge in [0.1, 0.15) is 5.82 Å². The Balaban J connectivity index is 1.79. The molecule has 0 bridgehead atoms. The third kappa shape index (κ3) is 3.71. The molecule has 4 heterocycles. The van der Waals surface area contributed by atoms with E-state index in [0.717, 1.165) is 35.7 Å². The van der Waals surface area contributed by atoms with Crippen LogP contribution in [0.5, 0.6) is 0 Å². The number of anilines is 2. The Labute approximate surface area is 163 Å². The van der Waals surface area contributed by atoms with Crippen LogP contribution in [0.1, 0.15) is 31.2 Å². The zero-order valence-electron chi connectivity index (χ0n) is 16.3. The highest BCUT2D eigenvalue weighted by Gasteiger charge is 2.16. The molecule has 0 unspecified atom stereocenters. The topological polar surface area (TPSA) is 88.8 Å². The van der Waals surface area contributed by atoms with Crippen molar-refractivity contribution in [3.63, 3.8) is 0 Å². The normalized spacial score (nSPS) is 13.8. The van der Waals surface area contributed by atoms with Crippen molar-refractivity contribution in [2.75, 3.05) is 23.3 Å². The first-order chi connectivity index (χ1) is 13.5. The summed E-state index contributed by atoms with van der Waals surface area (Å²) in [6.45, 7) is 7.42. The lowest BCUT2D eigenvalue weighted by atomic mass is 10.2. The van der Waals surface area contributed by atoms with E-state index in [2.05, 4.69) is 31.3 Å². The van der Waals surface area contributed by atoms with E-state index in [0.29, 0.717) is 17.5 Å². The van der Waals surface area contributed by atoms with Gasteiger partial charge in [0, 0.05) is 43.5 Å². The molecule has 8 heteroatoms. The molecule has 3 aromatic rings. The number of pyridine rings is 1. The number of amides is 1. The average molecular weight is 377 g/mol. The molecule has 0 radical (unpaired) electrons. The number of carbonyl (C=O) groups excluding carboxylic acids is 1. The van der Waals surface area contributed by atoms with Crippen LogP contribution in [0.25, 0.3) is 17.2 Å². The summed E-state index contributed by atoms with van der Waals surface area (Å²) >= 11 is 0. The second-order valence-electron chi connectivity index (χ2n) is 7.08. The number of nitrogens with one attached hydrogen (secondary N) is 1. The summed E-state index contributed by atoms with van der Waals surface area (Å²) in [5.74, 6) is 0.665. The van der Waals surface area contributed by atoms with Crippen LogP contribution in [0.3, 0.4) is 0 Å². The summed E-state index contributed by atoms with van der Waals surface area (Å²) < 4.78 is 1.68. The number of nitrogens with zero attached hydrogens (tertiary/aromatic N) is 6. The van der Waals surface area contributed by atoms with Crippen LogP contribution in [-0.4, -0.2) is 43.7 Å². The van der Waals surface area contributed by atoms with Gasteiger partial charge in [-0.25, -0.2) is 9.67 Å². The van der Waals surface area contributed by atoms with E-state index in [9.17, 15) is 4.79 Å². The molecular weight excluding hydrogens is 354 g/mol. The predicted molar refractivity (Wildman–Crippen MR) is 108 cm³/mol. The lowest BCUT2D eigenvalue weighted by molar-refractivity contribution is -0.114. The van der Waals surface area contributed by atoms with Crippen LogP contribution in [0.2, 0.25) is 0 Å². The average Bonchev–Trinajstić information content (AvgIpc) is 3.30. The molecule has 1 fully saturated rings. The fourth-order valence-corrected chi connectivity index (χ4v) is 3.47. The molecule has 8 nitrogen and oxygen atoms in total. The van der Waals surface area contributed by atoms with Crippen molar-refractivity contribution in [1.82, 2.24) is 24.7 Å². The molecule has 1 saturated heterocycles. The molecule has 3 aromatic heterocycles. The van der Waals surface area contributed by atoms with E-state index in [1.165, 1.54) is 19.8 Å². The Morgan fingerprint density at radius 2 is 1.86 bits per heavy atom. The fraction of sp³-hybridized carbons (Fsp3) is 0.350. The van der Waals surface area contributed by atoms with Crippen LogP contribution < -0.4 is 10.2 Å². The molecule has 0 aliphatic carbocycles. The molecule has 0 saturated carbocycles. The van der Waals surface area contributed by atoms with Gasteiger partial charge in [-0.05, 0) is 38.8 Å². The standard InChI is InChI=1S/C20H23N7O/c1-13-8-14(2)27(25-13)20-23-18(10-19(24-20)22-15(3)28)16-9-17(12-21-11-16)26-6-4-5-7-26/h8-12H,4-7H2,1-3H3,(H,22,23,24,28). The van der Waals surface area contributed by atoms with E-state index < -0.39 is 0 Å². The van der Waals surface area contributed by atoms with Gasteiger partial charge in [0.25, 0.3) is 5.95 Å². The molecule has 0 aromatic carbocycles. The van der Waals surface area contributed by atoms with Crippen LogP contribution in [0, 0.1) is 13.8 Å². The second-order valence-corrected chi connectivity index (χ2v) is 7.08. The molecule has 1 N–H and O–H groups in total. The first-order valence-corrected chi connectivity index (χ1v) is 9.40. The predicted octanol–water partition coefficient (Wildman–Crippen LogP) is 2.90. The molecule has 1 amide bonds. The third-order valence-corrected chi connectivity index (χ3v) is 4.71. The quantitative estimate of drug-likeness (QED) is 0.752. The highest BCUT2D eigenvalue weighted by molar-refractivity contribution is 5.88. The number of aromatic nitrogens is 5. The monoisotopic (exact) mass is 377 g/mol. The van der Waals surface area contributed by atoms with Crippen molar-refractivity contribution < 1.29 is 4.79 Å². The molecule has 0 spiro atoms. The maximum Gasteiger partial charge on any atom is 0.253 e. The van der Waals surface area contributed by atoms with Crippen LogP contribution >= 0.6 is 0 Å². The summed E-state index contributed by atoms with van der Waals surface area (Å²) in [5.41, 5.74) is 4.45. The Morgan fingerprint density at radius 3 is 2.54 bits per heavy atom. The maximum atomic E-state index is 11.6. The van der Waals surface area contributed by atoms with Crippen LogP contribution in [-0.2, 0) is 4.79 Å². The Morgan fingerprint density at radius 1 is 1.07 bits per heavy atom. The molecule has 4 rings (SSSR count). The van der Waals surface area contributed by atoms with Crippen molar-refractivity contribution >= 4 is 17.4 Å². The minimum absolute atomic E-state index is 0.187. The smallest absolute Gasteiger partial charge is 0.253 e. The number of aryl methyl sites for hydroxylation is 2. The van der Waals surface area contributed by atoms with Gasteiger partial charge < -0.3 is 10.2 Å². The zero-order valence-corrected chi connectivity index (χ0v) is 16.3. The first kappa shape index (κ1) is 18.1. The van der Waals surface area contributed by atoms with Gasteiger partial charge in [-0.1, -0.05) is 0 Å². The van der Waals surface area contributed by atoms with Crippen molar-refractivity contribution in [2.24, 2.45) is 0 Å². The van der Waals surface area contributed by atoms with Crippen molar-refractivity contribution in [3.8, 4) is 17.2 Å². The fourth-order valence-electron chi connectivity index (χ4n) is 3.47. The van der Waals surface area contributed by atoms with Gasteiger partial charge >= 0.3 is 0 Å². The largest absolute Gasteiger partial charge is 0.370 e. The van der Waals surface area contributed by atoms with Crippen molar-refractivity contribution in [1.29, 1.82) is 0 Å².